The minimum Gasteiger partial charge on any atom is -0.379 e. The van der Waals surface area contributed by atoms with Crippen molar-refractivity contribution < 1.29 is 0 Å². The third-order valence-corrected chi connectivity index (χ3v) is 2.75. The third-order valence-electron chi connectivity index (χ3n) is 1.60. The lowest BCUT2D eigenvalue weighted by atomic mass is 10.5. The van der Waals surface area contributed by atoms with Gasteiger partial charge in [-0.3, -0.25) is 0 Å². The largest absolute Gasteiger partial charge is 0.379 e. The van der Waals surface area contributed by atoms with Crippen LogP contribution in [0.3, 0.4) is 0 Å². The maximum atomic E-state index is 2.39. The van der Waals surface area contributed by atoms with Gasteiger partial charge in [0, 0.05) is 13.1 Å². The molecule has 0 aliphatic carbocycles. The molecule has 0 rings (SSSR count). The summed E-state index contributed by atoms with van der Waals surface area (Å²) >= 11 is 0. The van der Waals surface area contributed by atoms with Crippen molar-refractivity contribution in [2.75, 3.05) is 13.1 Å². The number of nitrogens with zero attached hydrogens (tertiary/aromatic N) is 1. The molecule has 0 spiro atoms. The van der Waals surface area contributed by atoms with Crippen LogP contribution in [0.4, 0.5) is 0 Å². The fourth-order valence-electron chi connectivity index (χ4n) is 0.763. The molecule has 0 fully saturated rings. The zero-order valence-corrected chi connectivity index (χ0v) is 9.52. The van der Waals surface area contributed by atoms with Crippen molar-refractivity contribution >= 4 is 8.07 Å². The van der Waals surface area contributed by atoms with Gasteiger partial charge >= 0.3 is 0 Å². The molecule has 0 aromatic rings. The van der Waals surface area contributed by atoms with E-state index in [2.05, 4.69) is 50.3 Å². The molecule has 0 aliphatic rings. The van der Waals surface area contributed by atoms with E-state index in [1.807, 2.05) is 0 Å². The highest BCUT2D eigenvalue weighted by molar-refractivity contribution is 6.80. The smallest absolute Gasteiger partial charge is 0.0705 e. The molecule has 0 heterocycles. The van der Waals surface area contributed by atoms with E-state index in [0.717, 1.165) is 13.1 Å². The Labute approximate surface area is 72.1 Å². The molecule has 0 atom stereocenters. The fraction of sp³-hybridized carbons (Fsp3) is 0.778. The molecule has 0 aliphatic heterocycles. The van der Waals surface area contributed by atoms with Crippen LogP contribution in [0.2, 0.25) is 19.6 Å². The highest BCUT2D eigenvalue weighted by Gasteiger charge is 2.06. The Morgan fingerprint density at radius 1 is 1.09 bits per heavy atom. The van der Waals surface area contributed by atoms with Gasteiger partial charge in [0.05, 0.1) is 8.07 Å². The zero-order valence-electron chi connectivity index (χ0n) is 8.52. The lowest BCUT2D eigenvalue weighted by Crippen LogP contribution is -2.21. The van der Waals surface area contributed by atoms with Crippen LogP contribution in [0, 0.1) is 0 Å². The average Bonchev–Trinajstić information content (AvgIpc) is 1.88. The standard InChI is InChI=1S/C9H21NSi/c1-6-10(7-2)8-9-11(3,4)5/h8-9H,6-7H2,1-5H3/b9-8+. The summed E-state index contributed by atoms with van der Waals surface area (Å²) in [5.41, 5.74) is 2.39. The Bertz CT molecular complexity index is 120. The van der Waals surface area contributed by atoms with E-state index in [1.54, 1.807) is 0 Å². The SMILES string of the molecule is CCN(/C=C/[Si](C)(C)C)CC. The van der Waals surface area contributed by atoms with Crippen LogP contribution < -0.4 is 0 Å². The molecule has 0 saturated carbocycles. The summed E-state index contributed by atoms with van der Waals surface area (Å²) in [6.07, 6.45) is 2.26. The van der Waals surface area contributed by atoms with E-state index in [1.165, 1.54) is 0 Å². The number of rotatable bonds is 4. The summed E-state index contributed by atoms with van der Waals surface area (Å²) in [4.78, 5) is 2.33. The molecule has 0 amide bonds. The molecule has 11 heavy (non-hydrogen) atoms. The van der Waals surface area contributed by atoms with E-state index in [4.69, 9.17) is 0 Å². The van der Waals surface area contributed by atoms with Gasteiger partial charge in [-0.25, -0.2) is 0 Å². The van der Waals surface area contributed by atoms with Crippen molar-refractivity contribution in [3.8, 4) is 0 Å². The van der Waals surface area contributed by atoms with Crippen LogP contribution in [-0.2, 0) is 0 Å². The Balaban J connectivity index is 3.89. The quantitative estimate of drug-likeness (QED) is 0.588. The lowest BCUT2D eigenvalue weighted by Gasteiger charge is -2.17. The van der Waals surface area contributed by atoms with Crippen molar-refractivity contribution in [1.29, 1.82) is 0 Å². The summed E-state index contributed by atoms with van der Waals surface area (Å²) in [5, 5.41) is 0. The van der Waals surface area contributed by atoms with Gasteiger partial charge < -0.3 is 4.90 Å². The van der Waals surface area contributed by atoms with E-state index < -0.39 is 8.07 Å². The minimum absolute atomic E-state index is 0.975. The maximum Gasteiger partial charge on any atom is 0.0705 e. The van der Waals surface area contributed by atoms with E-state index in [9.17, 15) is 0 Å². The van der Waals surface area contributed by atoms with E-state index in [0.29, 0.717) is 0 Å². The van der Waals surface area contributed by atoms with Crippen molar-refractivity contribution in [1.82, 2.24) is 4.90 Å². The zero-order chi connectivity index (χ0) is 8.91. The molecule has 1 nitrogen and oxygen atoms in total. The van der Waals surface area contributed by atoms with Gasteiger partial charge in [0.2, 0.25) is 0 Å². The van der Waals surface area contributed by atoms with Crippen molar-refractivity contribution in [3.05, 3.63) is 11.9 Å². The Morgan fingerprint density at radius 2 is 1.55 bits per heavy atom. The molecule has 0 saturated heterocycles. The van der Waals surface area contributed by atoms with Crippen molar-refractivity contribution in [2.45, 2.75) is 33.5 Å². The van der Waals surface area contributed by atoms with Gasteiger partial charge in [-0.05, 0) is 20.0 Å². The Kier molecular flexibility index (Phi) is 4.50. The van der Waals surface area contributed by atoms with E-state index in [-0.39, 0.29) is 0 Å². The second-order valence-electron chi connectivity index (χ2n) is 3.90. The predicted octanol–water partition coefficient (Wildman–Crippen LogP) is 2.72. The van der Waals surface area contributed by atoms with Crippen LogP contribution in [0.25, 0.3) is 0 Å². The summed E-state index contributed by atoms with van der Waals surface area (Å²) in [7, 11) is -0.975. The van der Waals surface area contributed by atoms with Gasteiger partial charge in [-0.15, -0.1) is 0 Å². The molecule has 0 aromatic carbocycles. The number of hydrogen-bond acceptors (Lipinski definition) is 1. The molecule has 66 valence electrons. The average molecular weight is 171 g/mol. The summed E-state index contributed by atoms with van der Waals surface area (Å²) in [6, 6.07) is 0. The summed E-state index contributed by atoms with van der Waals surface area (Å²) < 4.78 is 0. The first kappa shape index (κ1) is 10.8. The normalized spacial score (nSPS) is 12.5. The molecule has 0 aromatic heterocycles. The minimum atomic E-state index is -0.975. The van der Waals surface area contributed by atoms with Crippen LogP contribution in [0.5, 0.6) is 0 Å². The van der Waals surface area contributed by atoms with Crippen LogP contribution in [-0.4, -0.2) is 26.1 Å². The van der Waals surface area contributed by atoms with Crippen molar-refractivity contribution in [3.63, 3.8) is 0 Å². The lowest BCUT2D eigenvalue weighted by molar-refractivity contribution is 0.419. The molecule has 0 N–H and O–H groups in total. The van der Waals surface area contributed by atoms with Crippen LogP contribution in [0.15, 0.2) is 11.9 Å². The predicted molar refractivity (Wildman–Crippen MR) is 55.4 cm³/mol. The topological polar surface area (TPSA) is 3.24 Å². The second-order valence-corrected chi connectivity index (χ2v) is 8.97. The van der Waals surface area contributed by atoms with Gasteiger partial charge in [0.1, 0.15) is 0 Å². The highest BCUT2D eigenvalue weighted by atomic mass is 28.3. The first-order chi connectivity index (χ1) is 4.99. The van der Waals surface area contributed by atoms with Crippen LogP contribution >= 0.6 is 0 Å². The van der Waals surface area contributed by atoms with E-state index >= 15 is 0 Å². The fourth-order valence-corrected chi connectivity index (χ4v) is 1.42. The van der Waals surface area contributed by atoms with Crippen LogP contribution in [0.1, 0.15) is 13.8 Å². The highest BCUT2D eigenvalue weighted by Crippen LogP contribution is 2.02. The summed E-state index contributed by atoms with van der Waals surface area (Å²) in [5.74, 6) is 0. The Hall–Kier alpha value is -0.243. The Morgan fingerprint density at radius 3 is 1.82 bits per heavy atom. The molecule has 0 unspecified atom stereocenters. The second kappa shape index (κ2) is 4.60. The van der Waals surface area contributed by atoms with Gasteiger partial charge in [-0.1, -0.05) is 25.3 Å². The molecule has 2 heteroatoms. The van der Waals surface area contributed by atoms with Gasteiger partial charge in [0.15, 0.2) is 0 Å². The third kappa shape index (κ3) is 6.17. The summed E-state index contributed by atoms with van der Waals surface area (Å²) in [6.45, 7) is 13.7. The first-order valence-electron chi connectivity index (χ1n) is 4.43. The van der Waals surface area contributed by atoms with Crippen molar-refractivity contribution in [2.24, 2.45) is 0 Å². The molecular weight excluding hydrogens is 150 g/mol. The molecular formula is C9H21NSi. The van der Waals surface area contributed by atoms with Gasteiger partial charge in [0.25, 0.3) is 0 Å². The molecule has 0 radical (unpaired) electrons. The maximum absolute atomic E-state index is 2.39. The molecule has 0 bridgehead atoms. The monoisotopic (exact) mass is 171 g/mol. The van der Waals surface area contributed by atoms with Gasteiger partial charge in [-0.2, -0.15) is 0 Å². The number of hydrogen-bond donors (Lipinski definition) is 0. The first-order valence-corrected chi connectivity index (χ1v) is 8.00.